The van der Waals surface area contributed by atoms with Gasteiger partial charge in [-0.25, -0.2) is 9.59 Å². The van der Waals surface area contributed by atoms with Gasteiger partial charge in [-0.2, -0.15) is 0 Å². The Hall–Kier alpha value is -3.97. The minimum absolute atomic E-state index is 0.274. The van der Waals surface area contributed by atoms with E-state index in [-0.39, 0.29) is 12.2 Å². The molecule has 0 bridgehead atoms. The molecule has 3 aromatic rings. The van der Waals surface area contributed by atoms with Gasteiger partial charge >= 0.3 is 12.0 Å². The Labute approximate surface area is 202 Å². The molecule has 174 valence electrons. The topological polar surface area (TPSA) is 85.9 Å². The fraction of sp³-hybridized carbons (Fsp3) is 0.154. The number of hydrogen-bond acceptors (Lipinski definition) is 5. The van der Waals surface area contributed by atoms with Gasteiger partial charge in [-0.15, -0.1) is 0 Å². The summed E-state index contributed by atoms with van der Waals surface area (Å²) in [6, 6.07) is 20.5. The molecule has 4 rings (SSSR count). The molecule has 0 aromatic heterocycles. The van der Waals surface area contributed by atoms with Gasteiger partial charge in [0, 0.05) is 10.6 Å². The van der Waals surface area contributed by atoms with E-state index in [2.05, 4.69) is 10.6 Å². The van der Waals surface area contributed by atoms with E-state index in [1.807, 2.05) is 24.3 Å². The number of hydrogen-bond donors (Lipinski definition) is 2. The highest BCUT2D eigenvalue weighted by atomic mass is 35.5. The van der Waals surface area contributed by atoms with Crippen molar-refractivity contribution in [3.63, 3.8) is 0 Å². The van der Waals surface area contributed by atoms with Crippen molar-refractivity contribution < 1.29 is 23.8 Å². The number of carbonyl (C=O) groups excluding carboxylic acids is 2. The van der Waals surface area contributed by atoms with Crippen molar-refractivity contribution in [2.45, 2.75) is 12.6 Å². The fourth-order valence-electron chi connectivity index (χ4n) is 3.69. The molecular weight excluding hydrogens is 456 g/mol. The largest absolute Gasteiger partial charge is 0.497 e. The Morgan fingerprint density at radius 3 is 2.44 bits per heavy atom. The lowest BCUT2D eigenvalue weighted by Gasteiger charge is -2.29. The van der Waals surface area contributed by atoms with Crippen molar-refractivity contribution in [3.05, 3.63) is 100 Å². The molecule has 1 unspecified atom stereocenters. The maximum absolute atomic E-state index is 12.9. The molecule has 1 atom stereocenters. The third-order valence-electron chi connectivity index (χ3n) is 5.40. The Morgan fingerprint density at radius 1 is 0.971 bits per heavy atom. The van der Waals surface area contributed by atoms with Crippen LogP contribution in [0.25, 0.3) is 5.70 Å². The van der Waals surface area contributed by atoms with Crippen LogP contribution in [0.15, 0.2) is 78.4 Å². The average molecular weight is 479 g/mol. The van der Waals surface area contributed by atoms with Crippen LogP contribution in [-0.2, 0) is 16.1 Å². The van der Waals surface area contributed by atoms with Gasteiger partial charge in [-0.1, -0.05) is 41.9 Å². The molecule has 0 fully saturated rings. The van der Waals surface area contributed by atoms with Crippen LogP contribution in [0.5, 0.6) is 11.5 Å². The number of halogens is 1. The number of urea groups is 1. The Bertz CT molecular complexity index is 1240. The van der Waals surface area contributed by atoms with Crippen LogP contribution in [0, 0.1) is 0 Å². The van der Waals surface area contributed by atoms with Crippen LogP contribution in [0.2, 0.25) is 5.02 Å². The quantitative estimate of drug-likeness (QED) is 0.473. The third kappa shape index (κ3) is 5.00. The van der Waals surface area contributed by atoms with Crippen molar-refractivity contribution in [1.29, 1.82) is 0 Å². The van der Waals surface area contributed by atoms with Gasteiger partial charge in [-0.05, 0) is 53.6 Å². The number of nitrogens with one attached hydrogen (secondary N) is 2. The van der Waals surface area contributed by atoms with Gasteiger partial charge in [0.2, 0.25) is 0 Å². The van der Waals surface area contributed by atoms with Crippen molar-refractivity contribution >= 4 is 29.3 Å². The number of benzene rings is 3. The van der Waals surface area contributed by atoms with Gasteiger partial charge in [0.15, 0.2) is 0 Å². The monoisotopic (exact) mass is 478 g/mol. The van der Waals surface area contributed by atoms with E-state index in [0.717, 1.165) is 5.56 Å². The van der Waals surface area contributed by atoms with Crippen LogP contribution in [0.1, 0.15) is 22.7 Å². The molecule has 1 heterocycles. The first-order valence-electron chi connectivity index (χ1n) is 10.5. The highest BCUT2D eigenvalue weighted by Gasteiger charge is 2.34. The summed E-state index contributed by atoms with van der Waals surface area (Å²) in [5.41, 5.74) is 2.80. The van der Waals surface area contributed by atoms with Crippen LogP contribution in [-0.4, -0.2) is 26.2 Å². The van der Waals surface area contributed by atoms with Crippen molar-refractivity contribution in [2.75, 3.05) is 14.2 Å². The molecule has 7 nitrogen and oxygen atoms in total. The minimum atomic E-state index is -0.748. The molecule has 8 heteroatoms. The molecule has 34 heavy (non-hydrogen) atoms. The number of esters is 1. The van der Waals surface area contributed by atoms with E-state index < -0.39 is 18.0 Å². The summed E-state index contributed by atoms with van der Waals surface area (Å²) in [5.74, 6) is 0.662. The molecule has 2 amide bonds. The zero-order chi connectivity index (χ0) is 24.1. The molecule has 0 saturated heterocycles. The number of ether oxygens (including phenoxy) is 3. The molecule has 0 aliphatic carbocycles. The van der Waals surface area contributed by atoms with Crippen LogP contribution in [0.4, 0.5) is 4.79 Å². The van der Waals surface area contributed by atoms with Crippen LogP contribution < -0.4 is 20.1 Å². The number of rotatable bonds is 7. The first-order valence-corrected chi connectivity index (χ1v) is 10.9. The normalized spacial score (nSPS) is 15.3. The minimum Gasteiger partial charge on any atom is -0.497 e. The molecule has 1 aliphatic rings. The van der Waals surface area contributed by atoms with Gasteiger partial charge in [-0.3, -0.25) is 0 Å². The van der Waals surface area contributed by atoms with Gasteiger partial charge in [0.1, 0.15) is 18.1 Å². The average Bonchev–Trinajstić information content (AvgIpc) is 2.87. The summed E-state index contributed by atoms with van der Waals surface area (Å²) in [4.78, 5) is 25.4. The van der Waals surface area contributed by atoms with Gasteiger partial charge in [0.25, 0.3) is 0 Å². The van der Waals surface area contributed by atoms with E-state index in [1.54, 1.807) is 55.6 Å². The molecular formula is C26H23ClN2O5. The van der Waals surface area contributed by atoms with E-state index in [4.69, 9.17) is 25.8 Å². The maximum atomic E-state index is 12.9. The summed E-state index contributed by atoms with van der Waals surface area (Å²) in [7, 11) is 2.87. The summed E-state index contributed by atoms with van der Waals surface area (Å²) in [6.45, 7) is 0.276. The van der Waals surface area contributed by atoms with E-state index >= 15 is 0 Å². The van der Waals surface area contributed by atoms with Crippen molar-refractivity contribution in [2.24, 2.45) is 0 Å². The van der Waals surface area contributed by atoms with Crippen LogP contribution >= 0.6 is 11.6 Å². The Balaban J connectivity index is 1.70. The Morgan fingerprint density at radius 2 is 1.74 bits per heavy atom. The van der Waals surface area contributed by atoms with E-state index in [0.29, 0.717) is 33.3 Å². The molecule has 3 aromatic carbocycles. The SMILES string of the molecule is COC(=O)C1=C(c2ccc(OC)cc2)NC(=O)NC1c1cccc(OCc2ccccc2Cl)c1. The molecule has 1 aliphatic heterocycles. The standard InChI is InChI=1S/C26H23ClN2O5/c1-32-19-12-10-16(11-13-19)23-22(25(30)33-2)24(29-26(31)28-23)17-7-5-8-20(14-17)34-15-18-6-3-4-9-21(18)27/h3-14,24H,15H2,1-2H3,(H2,28,29,31). The maximum Gasteiger partial charge on any atom is 0.338 e. The van der Waals surface area contributed by atoms with E-state index in [9.17, 15) is 9.59 Å². The first kappa shape index (κ1) is 23.2. The van der Waals surface area contributed by atoms with Crippen LogP contribution in [0.3, 0.4) is 0 Å². The molecule has 0 radical (unpaired) electrons. The third-order valence-corrected chi connectivity index (χ3v) is 5.77. The zero-order valence-electron chi connectivity index (χ0n) is 18.6. The smallest absolute Gasteiger partial charge is 0.338 e. The molecule has 2 N–H and O–H groups in total. The fourth-order valence-corrected chi connectivity index (χ4v) is 3.88. The summed E-state index contributed by atoms with van der Waals surface area (Å²) < 4.78 is 16.2. The zero-order valence-corrected chi connectivity index (χ0v) is 19.4. The lowest BCUT2D eigenvalue weighted by Crippen LogP contribution is -2.45. The van der Waals surface area contributed by atoms with Gasteiger partial charge in [0.05, 0.1) is 31.5 Å². The van der Waals surface area contributed by atoms with Gasteiger partial charge < -0.3 is 24.8 Å². The lowest BCUT2D eigenvalue weighted by atomic mass is 9.92. The number of amides is 2. The Kier molecular flexibility index (Phi) is 7.04. The molecule has 0 saturated carbocycles. The van der Waals surface area contributed by atoms with E-state index in [1.165, 1.54) is 7.11 Å². The summed E-state index contributed by atoms with van der Waals surface area (Å²) in [5, 5.41) is 6.18. The second-order valence-corrected chi connectivity index (χ2v) is 7.90. The number of methoxy groups -OCH3 is 2. The second-order valence-electron chi connectivity index (χ2n) is 7.49. The summed E-state index contributed by atoms with van der Waals surface area (Å²) in [6.07, 6.45) is 0. The lowest BCUT2D eigenvalue weighted by molar-refractivity contribution is -0.136. The number of carbonyl (C=O) groups is 2. The second kappa shape index (κ2) is 10.3. The highest BCUT2D eigenvalue weighted by molar-refractivity contribution is 6.31. The predicted molar refractivity (Wildman–Crippen MR) is 129 cm³/mol. The predicted octanol–water partition coefficient (Wildman–Crippen LogP) is 4.87. The van der Waals surface area contributed by atoms with Crippen molar-refractivity contribution in [3.8, 4) is 11.5 Å². The first-order chi connectivity index (χ1) is 16.5. The van der Waals surface area contributed by atoms with Crippen molar-refractivity contribution in [1.82, 2.24) is 10.6 Å². The summed E-state index contributed by atoms with van der Waals surface area (Å²) >= 11 is 6.22. The highest BCUT2D eigenvalue weighted by Crippen LogP contribution is 2.34. The molecule has 0 spiro atoms.